The third-order valence-corrected chi connectivity index (χ3v) is 3.84. The molecule has 84 valence electrons. The Balaban J connectivity index is 1.91. The summed E-state index contributed by atoms with van der Waals surface area (Å²) in [6.07, 6.45) is 8.85. The number of fused-ring (bicyclic) bond motifs is 2. The fourth-order valence-electron chi connectivity index (χ4n) is 2.87. The SMILES string of the molecule is CC1=CC[C@H]2CO[C@H](c3cccnc3)[C@@H]1C2. The van der Waals surface area contributed by atoms with E-state index in [0.717, 1.165) is 12.5 Å². The predicted octanol–water partition coefficient (Wildman–Crippen LogP) is 3.13. The van der Waals surface area contributed by atoms with Gasteiger partial charge in [-0.05, 0) is 37.3 Å². The van der Waals surface area contributed by atoms with Gasteiger partial charge in [-0.15, -0.1) is 0 Å². The molecule has 3 atom stereocenters. The zero-order valence-electron chi connectivity index (χ0n) is 9.60. The summed E-state index contributed by atoms with van der Waals surface area (Å²) in [5, 5.41) is 0. The average molecular weight is 215 g/mol. The average Bonchev–Trinajstić information content (AvgIpc) is 2.36. The highest BCUT2D eigenvalue weighted by Crippen LogP contribution is 2.43. The highest BCUT2D eigenvalue weighted by atomic mass is 16.5. The van der Waals surface area contributed by atoms with Gasteiger partial charge in [-0.3, -0.25) is 4.98 Å². The van der Waals surface area contributed by atoms with E-state index < -0.39 is 0 Å². The molecule has 3 rings (SSSR count). The molecule has 2 bridgehead atoms. The van der Waals surface area contributed by atoms with Crippen molar-refractivity contribution in [2.24, 2.45) is 11.8 Å². The maximum atomic E-state index is 6.02. The van der Waals surface area contributed by atoms with E-state index in [1.54, 1.807) is 0 Å². The smallest absolute Gasteiger partial charge is 0.0905 e. The van der Waals surface area contributed by atoms with Crippen molar-refractivity contribution in [2.45, 2.75) is 25.9 Å². The maximum Gasteiger partial charge on any atom is 0.0905 e. The summed E-state index contributed by atoms with van der Waals surface area (Å²) in [5.41, 5.74) is 2.71. The molecule has 0 amide bonds. The van der Waals surface area contributed by atoms with Gasteiger partial charge >= 0.3 is 0 Å². The van der Waals surface area contributed by atoms with Gasteiger partial charge in [-0.1, -0.05) is 17.7 Å². The second-order valence-electron chi connectivity index (χ2n) is 4.93. The molecule has 2 nitrogen and oxygen atoms in total. The van der Waals surface area contributed by atoms with Crippen molar-refractivity contribution in [1.82, 2.24) is 4.98 Å². The lowest BCUT2D eigenvalue weighted by Crippen LogP contribution is -2.32. The van der Waals surface area contributed by atoms with Crippen LogP contribution >= 0.6 is 0 Å². The second kappa shape index (κ2) is 4.02. The van der Waals surface area contributed by atoms with Gasteiger partial charge < -0.3 is 4.74 Å². The molecule has 0 spiro atoms. The molecule has 1 aromatic rings. The van der Waals surface area contributed by atoms with Gasteiger partial charge in [0.25, 0.3) is 0 Å². The Bertz CT molecular complexity index is 398. The Labute approximate surface area is 96.3 Å². The monoisotopic (exact) mass is 215 g/mol. The van der Waals surface area contributed by atoms with Gasteiger partial charge in [0.05, 0.1) is 12.7 Å². The summed E-state index contributed by atoms with van der Waals surface area (Å²) in [6.45, 7) is 3.14. The lowest BCUT2D eigenvalue weighted by Gasteiger charge is -2.39. The Morgan fingerprint density at radius 1 is 1.44 bits per heavy atom. The third kappa shape index (κ3) is 1.67. The molecule has 1 aromatic heterocycles. The van der Waals surface area contributed by atoms with E-state index >= 15 is 0 Å². The van der Waals surface area contributed by atoms with Gasteiger partial charge in [-0.2, -0.15) is 0 Å². The van der Waals surface area contributed by atoms with E-state index in [1.807, 2.05) is 18.5 Å². The van der Waals surface area contributed by atoms with Crippen molar-refractivity contribution >= 4 is 0 Å². The van der Waals surface area contributed by atoms with Crippen LogP contribution in [0.1, 0.15) is 31.4 Å². The van der Waals surface area contributed by atoms with Crippen LogP contribution in [0.3, 0.4) is 0 Å². The van der Waals surface area contributed by atoms with E-state index in [9.17, 15) is 0 Å². The van der Waals surface area contributed by atoms with Crippen LogP contribution in [0.15, 0.2) is 36.2 Å². The second-order valence-corrected chi connectivity index (χ2v) is 4.93. The molecule has 2 aliphatic rings. The summed E-state index contributed by atoms with van der Waals surface area (Å²) in [7, 11) is 0. The fraction of sp³-hybridized carbons (Fsp3) is 0.500. The lowest BCUT2D eigenvalue weighted by molar-refractivity contribution is -0.0514. The minimum Gasteiger partial charge on any atom is -0.373 e. The number of rotatable bonds is 1. The van der Waals surface area contributed by atoms with Crippen LogP contribution in [0.2, 0.25) is 0 Å². The molecule has 16 heavy (non-hydrogen) atoms. The van der Waals surface area contributed by atoms with Crippen LogP contribution < -0.4 is 0 Å². The number of nitrogens with zero attached hydrogens (tertiary/aromatic N) is 1. The number of hydrogen-bond acceptors (Lipinski definition) is 2. The molecule has 0 radical (unpaired) electrons. The standard InChI is InChI=1S/C14H17NO/c1-10-4-5-11-7-13(10)14(16-9-11)12-3-2-6-15-8-12/h2-4,6,8,11,13-14H,5,7,9H2,1H3/t11-,13-,14-/m1/s1. The van der Waals surface area contributed by atoms with E-state index in [0.29, 0.717) is 5.92 Å². The first kappa shape index (κ1) is 10.0. The molecule has 0 aromatic carbocycles. The Morgan fingerprint density at radius 2 is 2.38 bits per heavy atom. The van der Waals surface area contributed by atoms with Crippen molar-refractivity contribution in [1.29, 1.82) is 0 Å². The van der Waals surface area contributed by atoms with Crippen LogP contribution in [0.25, 0.3) is 0 Å². The fourth-order valence-corrected chi connectivity index (χ4v) is 2.87. The maximum absolute atomic E-state index is 6.02. The van der Waals surface area contributed by atoms with Gasteiger partial charge in [0.1, 0.15) is 0 Å². The van der Waals surface area contributed by atoms with Gasteiger partial charge in [0.15, 0.2) is 0 Å². The van der Waals surface area contributed by atoms with Crippen molar-refractivity contribution in [3.8, 4) is 0 Å². The number of hydrogen-bond donors (Lipinski definition) is 0. The number of pyridine rings is 1. The zero-order chi connectivity index (χ0) is 11.0. The summed E-state index contributed by atoms with van der Waals surface area (Å²) >= 11 is 0. The van der Waals surface area contributed by atoms with Gasteiger partial charge in [0.2, 0.25) is 0 Å². The minimum atomic E-state index is 0.224. The van der Waals surface area contributed by atoms with Crippen LogP contribution in [0.4, 0.5) is 0 Å². The van der Waals surface area contributed by atoms with Crippen molar-refractivity contribution in [3.63, 3.8) is 0 Å². The minimum absolute atomic E-state index is 0.224. The Hall–Kier alpha value is -1.15. The number of allylic oxidation sites excluding steroid dienone is 1. The first-order valence-electron chi connectivity index (χ1n) is 6.03. The van der Waals surface area contributed by atoms with Crippen molar-refractivity contribution in [3.05, 3.63) is 41.7 Å². The van der Waals surface area contributed by atoms with E-state index in [-0.39, 0.29) is 6.10 Å². The third-order valence-electron chi connectivity index (χ3n) is 3.84. The predicted molar refractivity (Wildman–Crippen MR) is 62.9 cm³/mol. The molecule has 1 aliphatic heterocycles. The number of aromatic nitrogens is 1. The lowest BCUT2D eigenvalue weighted by atomic mass is 9.75. The molecule has 0 N–H and O–H groups in total. The molecule has 0 unspecified atom stereocenters. The van der Waals surface area contributed by atoms with E-state index in [2.05, 4.69) is 24.1 Å². The molecule has 1 saturated heterocycles. The summed E-state index contributed by atoms with van der Waals surface area (Å²) < 4.78 is 6.02. The van der Waals surface area contributed by atoms with Crippen LogP contribution in [0, 0.1) is 11.8 Å². The summed E-state index contributed by atoms with van der Waals surface area (Å²) in [5.74, 6) is 1.30. The van der Waals surface area contributed by atoms with Crippen LogP contribution in [-0.2, 0) is 4.74 Å². The molecule has 0 saturated carbocycles. The van der Waals surface area contributed by atoms with E-state index in [1.165, 1.54) is 24.0 Å². The zero-order valence-corrected chi connectivity index (χ0v) is 9.60. The van der Waals surface area contributed by atoms with Crippen molar-refractivity contribution < 1.29 is 4.74 Å². The van der Waals surface area contributed by atoms with Gasteiger partial charge in [0, 0.05) is 18.3 Å². The Kier molecular flexibility index (Phi) is 2.52. The summed E-state index contributed by atoms with van der Waals surface area (Å²) in [4.78, 5) is 4.19. The van der Waals surface area contributed by atoms with E-state index in [4.69, 9.17) is 4.74 Å². The Morgan fingerprint density at radius 3 is 3.19 bits per heavy atom. The highest BCUT2D eigenvalue weighted by Gasteiger charge is 2.35. The topological polar surface area (TPSA) is 22.1 Å². The summed E-state index contributed by atoms with van der Waals surface area (Å²) in [6, 6.07) is 4.12. The van der Waals surface area contributed by atoms with Crippen LogP contribution in [0.5, 0.6) is 0 Å². The largest absolute Gasteiger partial charge is 0.373 e. The first-order chi connectivity index (χ1) is 7.84. The first-order valence-corrected chi connectivity index (χ1v) is 6.03. The quantitative estimate of drug-likeness (QED) is 0.671. The molecular weight excluding hydrogens is 198 g/mol. The molecule has 2 heteroatoms. The van der Waals surface area contributed by atoms with Crippen LogP contribution in [-0.4, -0.2) is 11.6 Å². The molecular formula is C14H17NO. The van der Waals surface area contributed by atoms with Crippen molar-refractivity contribution in [2.75, 3.05) is 6.61 Å². The molecule has 2 heterocycles. The molecule has 1 aliphatic carbocycles. The highest BCUT2D eigenvalue weighted by molar-refractivity contribution is 5.21. The molecule has 1 fully saturated rings. The normalized spacial score (nSPS) is 33.3. The van der Waals surface area contributed by atoms with Gasteiger partial charge in [-0.25, -0.2) is 0 Å². The number of ether oxygens (including phenoxy) is 1.